The maximum absolute atomic E-state index is 5.38. The van der Waals surface area contributed by atoms with Crippen LogP contribution < -0.4 is 5.32 Å². The zero-order chi connectivity index (χ0) is 11.8. The lowest BCUT2D eigenvalue weighted by Crippen LogP contribution is -2.35. The number of hydrogen-bond donors (Lipinski definition) is 1. The molecule has 1 atom stereocenters. The van der Waals surface area contributed by atoms with Crippen molar-refractivity contribution in [3.8, 4) is 0 Å². The summed E-state index contributed by atoms with van der Waals surface area (Å²) in [6.45, 7) is 9.60. The number of piperidine rings is 1. The molecule has 3 heteroatoms. The van der Waals surface area contributed by atoms with Crippen LogP contribution in [-0.4, -0.2) is 50.8 Å². The normalized spacial score (nSPS) is 21.2. The van der Waals surface area contributed by atoms with Crippen LogP contribution in [0.4, 0.5) is 0 Å². The molecule has 3 nitrogen and oxygen atoms in total. The highest BCUT2D eigenvalue weighted by molar-refractivity contribution is 4.71. The van der Waals surface area contributed by atoms with Gasteiger partial charge >= 0.3 is 0 Å². The summed E-state index contributed by atoms with van der Waals surface area (Å²) in [6.07, 6.45) is 4.07. The van der Waals surface area contributed by atoms with Gasteiger partial charge in [0.05, 0.1) is 6.61 Å². The first-order valence-electron chi connectivity index (χ1n) is 6.72. The van der Waals surface area contributed by atoms with E-state index in [0.29, 0.717) is 6.04 Å². The van der Waals surface area contributed by atoms with Crippen molar-refractivity contribution in [2.24, 2.45) is 5.92 Å². The first kappa shape index (κ1) is 13.9. The van der Waals surface area contributed by atoms with Gasteiger partial charge in [0.1, 0.15) is 0 Å². The minimum atomic E-state index is 0.492. The third-order valence-corrected chi connectivity index (χ3v) is 3.46. The zero-order valence-electron chi connectivity index (χ0n) is 11.2. The number of hydrogen-bond acceptors (Lipinski definition) is 3. The maximum atomic E-state index is 5.38. The quantitative estimate of drug-likeness (QED) is 0.718. The molecule has 0 aliphatic carbocycles. The van der Waals surface area contributed by atoms with E-state index in [-0.39, 0.29) is 0 Å². The molecule has 1 aliphatic rings. The van der Waals surface area contributed by atoms with Crippen molar-refractivity contribution < 1.29 is 4.74 Å². The number of rotatable bonds is 7. The van der Waals surface area contributed by atoms with E-state index in [1.165, 1.54) is 32.4 Å². The third kappa shape index (κ3) is 5.83. The number of ether oxygens (including phenoxy) is 1. The van der Waals surface area contributed by atoms with Crippen LogP contribution >= 0.6 is 0 Å². The highest BCUT2D eigenvalue weighted by atomic mass is 16.5. The van der Waals surface area contributed by atoms with E-state index in [1.807, 2.05) is 6.92 Å². The van der Waals surface area contributed by atoms with Gasteiger partial charge in [-0.1, -0.05) is 0 Å². The van der Waals surface area contributed by atoms with Gasteiger partial charge in [-0.2, -0.15) is 0 Å². The first-order chi connectivity index (χ1) is 7.72. The molecule has 0 aromatic rings. The molecule has 1 heterocycles. The van der Waals surface area contributed by atoms with Crippen LogP contribution in [0.15, 0.2) is 0 Å². The summed E-state index contributed by atoms with van der Waals surface area (Å²) in [5, 5.41) is 3.54. The minimum absolute atomic E-state index is 0.492. The van der Waals surface area contributed by atoms with Gasteiger partial charge < -0.3 is 15.0 Å². The van der Waals surface area contributed by atoms with Crippen LogP contribution in [0.3, 0.4) is 0 Å². The van der Waals surface area contributed by atoms with E-state index in [0.717, 1.165) is 25.7 Å². The fourth-order valence-corrected chi connectivity index (χ4v) is 2.24. The highest BCUT2D eigenvalue weighted by Crippen LogP contribution is 2.18. The predicted molar refractivity (Wildman–Crippen MR) is 68.8 cm³/mol. The summed E-state index contributed by atoms with van der Waals surface area (Å²) in [4.78, 5) is 2.43. The standard InChI is InChI=1S/C13H28N2O/c1-4-16-11-12(2)14-8-5-13-6-9-15(3)10-7-13/h12-14H,4-11H2,1-3H3. The number of nitrogens with one attached hydrogen (secondary N) is 1. The second-order valence-electron chi connectivity index (χ2n) is 5.05. The Bertz CT molecular complexity index is 167. The molecule has 96 valence electrons. The van der Waals surface area contributed by atoms with Crippen molar-refractivity contribution in [2.45, 2.75) is 39.2 Å². The van der Waals surface area contributed by atoms with E-state index in [9.17, 15) is 0 Å². The highest BCUT2D eigenvalue weighted by Gasteiger charge is 2.16. The fourth-order valence-electron chi connectivity index (χ4n) is 2.24. The van der Waals surface area contributed by atoms with E-state index >= 15 is 0 Å². The van der Waals surface area contributed by atoms with E-state index < -0.39 is 0 Å². The molecule has 1 saturated heterocycles. The molecule has 0 bridgehead atoms. The van der Waals surface area contributed by atoms with Gasteiger partial charge in [0.15, 0.2) is 0 Å². The molecule has 0 spiro atoms. The lowest BCUT2D eigenvalue weighted by atomic mass is 9.94. The SMILES string of the molecule is CCOCC(C)NCCC1CCN(C)CC1. The van der Waals surface area contributed by atoms with E-state index in [2.05, 4.69) is 24.2 Å². The van der Waals surface area contributed by atoms with Crippen molar-refractivity contribution in [2.75, 3.05) is 39.9 Å². The van der Waals surface area contributed by atoms with Gasteiger partial charge in [-0.05, 0) is 65.7 Å². The lowest BCUT2D eigenvalue weighted by Gasteiger charge is -2.29. The molecule has 1 rings (SSSR count). The molecular weight excluding hydrogens is 200 g/mol. The summed E-state index contributed by atoms with van der Waals surface area (Å²) in [7, 11) is 2.22. The van der Waals surface area contributed by atoms with Crippen LogP contribution in [-0.2, 0) is 4.74 Å². The lowest BCUT2D eigenvalue weighted by molar-refractivity contribution is 0.126. The van der Waals surface area contributed by atoms with Gasteiger partial charge in [-0.15, -0.1) is 0 Å². The topological polar surface area (TPSA) is 24.5 Å². The van der Waals surface area contributed by atoms with Crippen molar-refractivity contribution in [1.82, 2.24) is 10.2 Å². The zero-order valence-corrected chi connectivity index (χ0v) is 11.2. The Balaban J connectivity index is 1.98. The van der Waals surface area contributed by atoms with Crippen molar-refractivity contribution in [3.05, 3.63) is 0 Å². The number of likely N-dealkylation sites (tertiary alicyclic amines) is 1. The van der Waals surface area contributed by atoms with Gasteiger partial charge in [-0.25, -0.2) is 0 Å². The Morgan fingerprint density at radius 1 is 1.38 bits per heavy atom. The van der Waals surface area contributed by atoms with Crippen LogP contribution in [0, 0.1) is 5.92 Å². The fraction of sp³-hybridized carbons (Fsp3) is 1.00. The predicted octanol–water partition coefficient (Wildman–Crippen LogP) is 1.73. The average molecular weight is 228 g/mol. The summed E-state index contributed by atoms with van der Waals surface area (Å²) in [5.74, 6) is 0.933. The third-order valence-electron chi connectivity index (χ3n) is 3.46. The second-order valence-corrected chi connectivity index (χ2v) is 5.05. The molecule has 1 N–H and O–H groups in total. The van der Waals surface area contributed by atoms with Gasteiger partial charge in [0.2, 0.25) is 0 Å². The second kappa shape index (κ2) is 8.04. The van der Waals surface area contributed by atoms with E-state index in [1.54, 1.807) is 0 Å². The minimum Gasteiger partial charge on any atom is -0.380 e. The van der Waals surface area contributed by atoms with Gasteiger partial charge in [0, 0.05) is 12.6 Å². The molecule has 0 amide bonds. The molecule has 0 radical (unpaired) electrons. The van der Waals surface area contributed by atoms with Gasteiger partial charge in [0.25, 0.3) is 0 Å². The molecule has 0 aromatic carbocycles. The van der Waals surface area contributed by atoms with Crippen molar-refractivity contribution >= 4 is 0 Å². The Morgan fingerprint density at radius 3 is 2.69 bits per heavy atom. The average Bonchev–Trinajstić information content (AvgIpc) is 2.29. The first-order valence-corrected chi connectivity index (χ1v) is 6.72. The van der Waals surface area contributed by atoms with E-state index in [4.69, 9.17) is 4.74 Å². The van der Waals surface area contributed by atoms with Crippen LogP contribution in [0.5, 0.6) is 0 Å². The number of nitrogens with zero attached hydrogens (tertiary/aromatic N) is 1. The Labute approximate surface area is 101 Å². The molecule has 0 saturated carbocycles. The molecule has 0 aromatic heterocycles. The molecule has 1 fully saturated rings. The Hall–Kier alpha value is -0.120. The van der Waals surface area contributed by atoms with Crippen LogP contribution in [0.2, 0.25) is 0 Å². The van der Waals surface area contributed by atoms with Crippen molar-refractivity contribution in [3.63, 3.8) is 0 Å². The smallest absolute Gasteiger partial charge is 0.0616 e. The summed E-state index contributed by atoms with van der Waals surface area (Å²) in [5.41, 5.74) is 0. The summed E-state index contributed by atoms with van der Waals surface area (Å²) < 4.78 is 5.38. The molecule has 16 heavy (non-hydrogen) atoms. The summed E-state index contributed by atoms with van der Waals surface area (Å²) >= 11 is 0. The monoisotopic (exact) mass is 228 g/mol. The van der Waals surface area contributed by atoms with Crippen molar-refractivity contribution in [1.29, 1.82) is 0 Å². The van der Waals surface area contributed by atoms with Gasteiger partial charge in [-0.3, -0.25) is 0 Å². The largest absolute Gasteiger partial charge is 0.380 e. The van der Waals surface area contributed by atoms with Crippen LogP contribution in [0.1, 0.15) is 33.1 Å². The molecule has 1 unspecified atom stereocenters. The summed E-state index contributed by atoms with van der Waals surface area (Å²) in [6, 6.07) is 0.492. The molecule has 1 aliphatic heterocycles. The maximum Gasteiger partial charge on any atom is 0.0616 e. The Morgan fingerprint density at radius 2 is 2.06 bits per heavy atom. The Kier molecular flexibility index (Phi) is 7.01. The van der Waals surface area contributed by atoms with Crippen LogP contribution in [0.25, 0.3) is 0 Å². The molecular formula is C13H28N2O.